The molecule has 0 bridgehead atoms. The zero-order chi connectivity index (χ0) is 14.6. The third kappa shape index (κ3) is 4.74. The highest BCUT2D eigenvalue weighted by molar-refractivity contribution is 8.02. The number of carbonyl (C=O) groups excluding carboxylic acids is 3. The number of hydrogen-bond acceptors (Lipinski definition) is 6. The maximum atomic E-state index is 11.9. The van der Waals surface area contributed by atoms with Gasteiger partial charge in [0.2, 0.25) is 0 Å². The van der Waals surface area contributed by atoms with Crippen molar-refractivity contribution in [1.29, 1.82) is 0 Å². The number of amides is 1. The molecule has 6 nitrogen and oxygen atoms in total. The lowest BCUT2D eigenvalue weighted by Crippen LogP contribution is -2.45. The highest BCUT2D eigenvalue weighted by Gasteiger charge is 2.41. The highest BCUT2D eigenvalue weighted by Crippen LogP contribution is 2.25. The lowest BCUT2D eigenvalue weighted by molar-refractivity contribution is -0.144. The van der Waals surface area contributed by atoms with Crippen LogP contribution < -0.4 is 5.32 Å². The lowest BCUT2D eigenvalue weighted by Gasteiger charge is -2.21. The molecule has 0 spiro atoms. The minimum Gasteiger partial charge on any atom is -0.465 e. The van der Waals surface area contributed by atoms with Gasteiger partial charge in [-0.3, -0.25) is 9.59 Å². The third-order valence-electron chi connectivity index (χ3n) is 2.22. The summed E-state index contributed by atoms with van der Waals surface area (Å²) in [6.07, 6.45) is -0.657. The van der Waals surface area contributed by atoms with Crippen LogP contribution in [-0.4, -0.2) is 47.1 Å². The fraction of sp³-hybridized carbons (Fsp3) is 0.750. The molecule has 1 aliphatic heterocycles. The molecule has 1 fully saturated rings. The molecule has 0 aliphatic carbocycles. The Kier molecular flexibility index (Phi) is 5.22. The van der Waals surface area contributed by atoms with Crippen molar-refractivity contribution in [1.82, 2.24) is 5.32 Å². The summed E-state index contributed by atoms with van der Waals surface area (Å²) < 4.78 is 9.87. The molecule has 1 amide bonds. The normalized spacial score (nSPS) is 23.1. The summed E-state index contributed by atoms with van der Waals surface area (Å²) >= 11 is 1.17. The predicted molar refractivity (Wildman–Crippen MR) is 71.0 cm³/mol. The number of carbonyl (C=O) groups is 3. The first-order valence-corrected chi connectivity index (χ1v) is 7.11. The van der Waals surface area contributed by atoms with Gasteiger partial charge in [0.05, 0.1) is 6.61 Å². The molecule has 7 heteroatoms. The lowest BCUT2D eigenvalue weighted by atomic mass is 10.1. The van der Waals surface area contributed by atoms with Gasteiger partial charge in [-0.2, -0.15) is 0 Å². The zero-order valence-corrected chi connectivity index (χ0v) is 12.3. The van der Waals surface area contributed by atoms with Crippen molar-refractivity contribution in [2.45, 2.75) is 44.6 Å². The van der Waals surface area contributed by atoms with E-state index in [9.17, 15) is 14.4 Å². The molecular weight excluding hydrogens is 270 g/mol. The van der Waals surface area contributed by atoms with Crippen molar-refractivity contribution < 1.29 is 23.9 Å². The van der Waals surface area contributed by atoms with E-state index in [1.54, 1.807) is 27.7 Å². The molecule has 108 valence electrons. The van der Waals surface area contributed by atoms with Gasteiger partial charge >= 0.3 is 12.1 Å². The number of hydrogen-bond donors (Lipinski definition) is 1. The summed E-state index contributed by atoms with van der Waals surface area (Å²) in [6.45, 7) is 7.11. The van der Waals surface area contributed by atoms with Gasteiger partial charge in [-0.1, -0.05) is 0 Å². The molecule has 1 heterocycles. The summed E-state index contributed by atoms with van der Waals surface area (Å²) in [5, 5.41) is 1.63. The number of nitrogens with one attached hydrogen (secondary N) is 1. The molecule has 0 aromatic rings. The van der Waals surface area contributed by atoms with Crippen LogP contribution in [0.4, 0.5) is 4.79 Å². The molecule has 1 aliphatic rings. The summed E-state index contributed by atoms with van der Waals surface area (Å²) in [5.74, 6) is -0.540. The van der Waals surface area contributed by atoms with Crippen LogP contribution in [0.15, 0.2) is 0 Å². The first-order chi connectivity index (χ1) is 8.74. The number of ketones is 1. The Balaban J connectivity index is 2.52. The van der Waals surface area contributed by atoms with Crippen LogP contribution in [0.3, 0.4) is 0 Å². The van der Waals surface area contributed by atoms with Crippen LogP contribution in [0.1, 0.15) is 27.7 Å². The van der Waals surface area contributed by atoms with E-state index in [1.807, 2.05) is 0 Å². The van der Waals surface area contributed by atoms with Gasteiger partial charge in [-0.05, 0) is 27.7 Å². The van der Waals surface area contributed by atoms with Gasteiger partial charge in [0.1, 0.15) is 11.6 Å². The fourth-order valence-corrected chi connectivity index (χ4v) is 2.67. The predicted octanol–water partition coefficient (Wildman–Crippen LogP) is 1.13. The van der Waals surface area contributed by atoms with Crippen LogP contribution in [0.25, 0.3) is 0 Å². The molecule has 0 radical (unpaired) electrons. The van der Waals surface area contributed by atoms with Crippen LogP contribution in [0.2, 0.25) is 0 Å². The van der Waals surface area contributed by atoms with E-state index in [0.717, 1.165) is 0 Å². The first-order valence-electron chi connectivity index (χ1n) is 6.06. The maximum Gasteiger partial charge on any atom is 0.408 e. The van der Waals surface area contributed by atoms with Crippen molar-refractivity contribution in [3.63, 3.8) is 0 Å². The summed E-state index contributed by atoms with van der Waals surface area (Å²) in [6, 6.07) is -0.700. The van der Waals surface area contributed by atoms with E-state index in [-0.39, 0.29) is 12.4 Å². The Morgan fingerprint density at radius 1 is 1.42 bits per heavy atom. The Hall–Kier alpha value is -1.24. The molecule has 2 atom stereocenters. The molecule has 1 unspecified atom stereocenters. The fourth-order valence-electron chi connectivity index (χ4n) is 1.50. The first kappa shape index (κ1) is 15.8. The topological polar surface area (TPSA) is 81.7 Å². The third-order valence-corrected chi connectivity index (χ3v) is 3.51. The van der Waals surface area contributed by atoms with E-state index in [1.165, 1.54) is 11.8 Å². The monoisotopic (exact) mass is 289 g/mol. The van der Waals surface area contributed by atoms with Gasteiger partial charge in [0.25, 0.3) is 0 Å². The molecule has 19 heavy (non-hydrogen) atoms. The minimum atomic E-state index is -0.847. The van der Waals surface area contributed by atoms with Gasteiger partial charge in [0.15, 0.2) is 11.0 Å². The average molecular weight is 289 g/mol. The second-order valence-corrected chi connectivity index (χ2v) is 6.20. The van der Waals surface area contributed by atoms with Crippen molar-refractivity contribution in [3.05, 3.63) is 0 Å². The van der Waals surface area contributed by atoms with E-state index in [2.05, 4.69) is 5.32 Å². The second-order valence-electron chi connectivity index (χ2n) is 5.07. The molecule has 1 saturated heterocycles. The van der Waals surface area contributed by atoms with Gasteiger partial charge < -0.3 is 14.8 Å². The summed E-state index contributed by atoms with van der Waals surface area (Å²) in [4.78, 5) is 35.0. The summed E-state index contributed by atoms with van der Waals surface area (Å²) in [7, 11) is 0. The minimum absolute atomic E-state index is 0.229. The Morgan fingerprint density at radius 3 is 2.58 bits per heavy atom. The van der Waals surface area contributed by atoms with E-state index >= 15 is 0 Å². The molecular formula is C12H19NO5S. The molecule has 0 aromatic carbocycles. The van der Waals surface area contributed by atoms with Crippen LogP contribution in [-0.2, 0) is 19.1 Å². The zero-order valence-electron chi connectivity index (χ0n) is 11.5. The number of rotatable bonds is 3. The molecule has 0 aromatic heterocycles. The molecule has 1 N–H and O–H groups in total. The van der Waals surface area contributed by atoms with Crippen LogP contribution in [0.5, 0.6) is 0 Å². The Morgan fingerprint density at radius 2 is 2.05 bits per heavy atom. The average Bonchev–Trinajstić information content (AvgIpc) is 2.58. The van der Waals surface area contributed by atoms with Gasteiger partial charge in [0, 0.05) is 5.75 Å². The smallest absolute Gasteiger partial charge is 0.408 e. The van der Waals surface area contributed by atoms with E-state index < -0.39 is 29.0 Å². The second kappa shape index (κ2) is 6.27. The quantitative estimate of drug-likeness (QED) is 0.619. The van der Waals surface area contributed by atoms with Crippen LogP contribution in [0, 0.1) is 0 Å². The van der Waals surface area contributed by atoms with Gasteiger partial charge in [-0.15, -0.1) is 11.8 Å². The van der Waals surface area contributed by atoms with E-state index in [4.69, 9.17) is 9.47 Å². The van der Waals surface area contributed by atoms with Crippen molar-refractivity contribution in [2.24, 2.45) is 0 Å². The van der Waals surface area contributed by atoms with Crippen molar-refractivity contribution >= 4 is 29.6 Å². The number of esters is 1. The standard InChI is InChI=1S/C12H19NO5S/c1-5-17-10(15)9-8(14)7(6-19-9)13-11(16)18-12(2,3)4/h7,9H,5-6H2,1-4H3,(H,13,16)/t7?,9-/m1/s1. The number of alkyl carbamates (subject to hydrolysis) is 1. The van der Waals surface area contributed by atoms with Crippen LogP contribution >= 0.6 is 11.8 Å². The SMILES string of the molecule is CCOC(=O)[C@@H]1SCC(NC(=O)OC(C)(C)C)C1=O. The van der Waals surface area contributed by atoms with Gasteiger partial charge in [-0.25, -0.2) is 4.79 Å². The number of Topliss-reactive ketones (excluding diaryl/α,β-unsaturated/α-hetero) is 1. The molecule has 0 saturated carbocycles. The maximum absolute atomic E-state index is 11.9. The van der Waals surface area contributed by atoms with Crippen molar-refractivity contribution in [2.75, 3.05) is 12.4 Å². The Labute approximate surface area is 116 Å². The summed E-state index contributed by atoms with van der Waals surface area (Å²) in [5.41, 5.74) is -0.626. The highest BCUT2D eigenvalue weighted by atomic mass is 32.2. The number of thioether (sulfide) groups is 1. The molecule has 1 rings (SSSR count). The van der Waals surface area contributed by atoms with Crippen molar-refractivity contribution in [3.8, 4) is 0 Å². The number of ether oxygens (including phenoxy) is 2. The van der Waals surface area contributed by atoms with E-state index in [0.29, 0.717) is 5.75 Å². The largest absolute Gasteiger partial charge is 0.465 e. The Bertz CT molecular complexity index is 377.